The van der Waals surface area contributed by atoms with Gasteiger partial charge in [-0.05, 0) is 18.2 Å². The van der Waals surface area contributed by atoms with E-state index < -0.39 is 27.8 Å². The predicted molar refractivity (Wildman–Crippen MR) is 89.7 cm³/mol. The maximum atomic E-state index is 12.1. The Balaban J connectivity index is 2.01. The highest BCUT2D eigenvalue weighted by Gasteiger charge is 2.19. The van der Waals surface area contributed by atoms with Gasteiger partial charge in [0.1, 0.15) is 11.9 Å². The summed E-state index contributed by atoms with van der Waals surface area (Å²) in [6, 6.07) is 7.08. The molecule has 0 spiro atoms. The zero-order chi connectivity index (χ0) is 19.3. The number of carbonyl (C=O) groups is 1. The van der Waals surface area contributed by atoms with Crippen LogP contribution in [0.3, 0.4) is 0 Å². The molecule has 1 atom stereocenters. The highest BCUT2D eigenvalue weighted by Crippen LogP contribution is 2.20. The van der Waals surface area contributed by atoms with Gasteiger partial charge in [0.05, 0.1) is 16.4 Å². The molecule has 10 nitrogen and oxygen atoms in total. The lowest BCUT2D eigenvalue weighted by Crippen LogP contribution is -2.14. The Bertz CT molecular complexity index is 896. The third-order valence-electron chi connectivity index (χ3n) is 3.19. The van der Waals surface area contributed by atoms with Crippen molar-refractivity contribution in [3.05, 3.63) is 58.3 Å². The van der Waals surface area contributed by atoms with Crippen molar-refractivity contribution in [3.63, 3.8) is 0 Å². The summed E-state index contributed by atoms with van der Waals surface area (Å²) in [5.41, 5.74) is 0.0346. The average Bonchev–Trinajstić information content (AvgIpc) is 2.60. The lowest BCUT2D eigenvalue weighted by atomic mass is 10.2. The molecule has 0 aliphatic rings. The van der Waals surface area contributed by atoms with Gasteiger partial charge in [-0.2, -0.15) is 8.42 Å². The molecule has 0 saturated heterocycles. The summed E-state index contributed by atoms with van der Waals surface area (Å²) in [7, 11) is -4.19. The molecule has 0 fully saturated rings. The van der Waals surface area contributed by atoms with Crippen molar-refractivity contribution in [3.8, 4) is 0 Å². The number of aliphatic hydroxyl groups excluding tert-OH is 1. The van der Waals surface area contributed by atoms with E-state index in [0.29, 0.717) is 0 Å². The summed E-state index contributed by atoms with van der Waals surface area (Å²) in [6.45, 7) is 0.752. The number of aliphatic hydroxyl groups is 1. The summed E-state index contributed by atoms with van der Waals surface area (Å²) in [6.07, 6.45) is -0.000611. The van der Waals surface area contributed by atoms with Crippen molar-refractivity contribution in [1.82, 2.24) is 4.98 Å². The Morgan fingerprint density at radius 3 is 2.46 bits per heavy atom. The monoisotopic (exact) mass is 381 g/mol. The molecule has 0 saturated carbocycles. The van der Waals surface area contributed by atoms with Gasteiger partial charge in [0.2, 0.25) is 5.91 Å². The van der Waals surface area contributed by atoms with Gasteiger partial charge in [0, 0.05) is 30.8 Å². The van der Waals surface area contributed by atoms with Gasteiger partial charge in [-0.15, -0.1) is 0 Å². The van der Waals surface area contributed by atoms with E-state index in [-0.39, 0.29) is 27.9 Å². The molecule has 0 aliphatic heterocycles. The molecule has 2 N–H and O–H groups in total. The summed E-state index contributed by atoms with van der Waals surface area (Å²) in [5.74, 6) is -0.0174. The van der Waals surface area contributed by atoms with Crippen LogP contribution in [0.4, 0.5) is 11.5 Å². The van der Waals surface area contributed by atoms with Gasteiger partial charge in [0.25, 0.3) is 15.8 Å². The minimum Gasteiger partial charge on any atom is -0.386 e. The van der Waals surface area contributed by atoms with Crippen molar-refractivity contribution in [2.75, 3.05) is 11.9 Å². The quantitative estimate of drug-likeness (QED) is 0.415. The Morgan fingerprint density at radius 1 is 1.31 bits per heavy atom. The fourth-order valence-electron chi connectivity index (χ4n) is 1.91. The number of carbonyl (C=O) groups excluding carboxylic acids is 1. The smallest absolute Gasteiger partial charge is 0.297 e. The van der Waals surface area contributed by atoms with Crippen LogP contribution in [-0.2, 0) is 19.1 Å². The lowest BCUT2D eigenvalue weighted by Gasteiger charge is -2.12. The minimum atomic E-state index is -4.19. The Labute approximate surface area is 148 Å². The van der Waals surface area contributed by atoms with Gasteiger partial charge in [0.15, 0.2) is 0 Å². The van der Waals surface area contributed by atoms with Crippen LogP contribution in [-0.4, -0.2) is 35.9 Å². The fraction of sp³-hybridized carbons (Fsp3) is 0.200. The average molecular weight is 381 g/mol. The van der Waals surface area contributed by atoms with Crippen molar-refractivity contribution < 1.29 is 27.4 Å². The number of amides is 1. The molecule has 0 bridgehead atoms. The van der Waals surface area contributed by atoms with Crippen LogP contribution in [0.2, 0.25) is 0 Å². The van der Waals surface area contributed by atoms with E-state index >= 15 is 0 Å². The third kappa shape index (κ3) is 5.05. The molecule has 2 rings (SSSR count). The Morgan fingerprint density at radius 2 is 1.96 bits per heavy atom. The number of benzene rings is 1. The summed E-state index contributed by atoms with van der Waals surface area (Å²) in [4.78, 5) is 24.5. The Hall–Kier alpha value is -2.89. The standard InChI is InChI=1S/C15H15N3O7S/c1-10(19)17-15-7-2-11(8-16-15)14(20)9-25-26(23,24)13-5-3-12(4-6-13)18(21)22/h2-8,14,20H,9H2,1H3,(H,16,17,19)/t14-/m0/s1. The second-order valence-corrected chi connectivity index (χ2v) is 6.78. The van der Waals surface area contributed by atoms with Crippen LogP contribution in [0.5, 0.6) is 0 Å². The largest absolute Gasteiger partial charge is 0.386 e. The number of non-ortho nitro benzene ring substituents is 1. The van der Waals surface area contributed by atoms with Gasteiger partial charge in [-0.3, -0.25) is 19.1 Å². The van der Waals surface area contributed by atoms with Crippen molar-refractivity contribution >= 4 is 27.5 Å². The number of hydrogen-bond acceptors (Lipinski definition) is 8. The first kappa shape index (κ1) is 19.4. The molecule has 2 aromatic rings. The van der Waals surface area contributed by atoms with Crippen molar-refractivity contribution in [2.45, 2.75) is 17.9 Å². The summed E-state index contributed by atoms with van der Waals surface area (Å²) in [5, 5.41) is 23.0. The van der Waals surface area contributed by atoms with Crippen LogP contribution in [0.1, 0.15) is 18.6 Å². The van der Waals surface area contributed by atoms with Gasteiger partial charge in [-0.1, -0.05) is 6.07 Å². The molecule has 1 amide bonds. The lowest BCUT2D eigenvalue weighted by molar-refractivity contribution is -0.384. The zero-order valence-electron chi connectivity index (χ0n) is 13.5. The molecule has 11 heteroatoms. The van der Waals surface area contributed by atoms with E-state index in [2.05, 4.69) is 10.3 Å². The number of hydrogen-bond donors (Lipinski definition) is 2. The van der Waals surface area contributed by atoms with E-state index in [0.717, 1.165) is 24.3 Å². The molecular weight excluding hydrogens is 366 g/mol. The molecule has 0 aliphatic carbocycles. The van der Waals surface area contributed by atoms with Crippen molar-refractivity contribution in [2.24, 2.45) is 0 Å². The van der Waals surface area contributed by atoms with Gasteiger partial charge >= 0.3 is 0 Å². The molecule has 1 aromatic heterocycles. The maximum absolute atomic E-state index is 12.1. The first-order valence-corrected chi connectivity index (χ1v) is 8.65. The normalized spacial score (nSPS) is 12.4. The number of nitrogens with zero attached hydrogens (tertiary/aromatic N) is 2. The highest BCUT2D eigenvalue weighted by atomic mass is 32.2. The third-order valence-corrected chi connectivity index (χ3v) is 4.49. The van der Waals surface area contributed by atoms with Gasteiger partial charge < -0.3 is 10.4 Å². The number of anilines is 1. The summed E-state index contributed by atoms with van der Waals surface area (Å²) < 4.78 is 28.9. The minimum absolute atomic E-state index is 0.255. The molecule has 26 heavy (non-hydrogen) atoms. The second-order valence-electron chi connectivity index (χ2n) is 5.16. The number of nitrogens with one attached hydrogen (secondary N) is 1. The van der Waals surface area contributed by atoms with Gasteiger partial charge in [-0.25, -0.2) is 4.98 Å². The predicted octanol–water partition coefficient (Wildman–Crippen LogP) is 1.39. The zero-order valence-corrected chi connectivity index (χ0v) is 14.3. The number of nitro benzene ring substituents is 1. The fourth-order valence-corrected chi connectivity index (χ4v) is 2.82. The number of nitro groups is 1. The molecule has 138 valence electrons. The van der Waals surface area contributed by atoms with E-state index in [9.17, 15) is 28.4 Å². The molecule has 1 aromatic carbocycles. The van der Waals surface area contributed by atoms with Crippen molar-refractivity contribution in [1.29, 1.82) is 0 Å². The maximum Gasteiger partial charge on any atom is 0.297 e. The van der Waals surface area contributed by atoms with E-state index in [1.807, 2.05) is 0 Å². The number of aromatic nitrogens is 1. The van der Waals surface area contributed by atoms with Crippen LogP contribution in [0.25, 0.3) is 0 Å². The van der Waals surface area contributed by atoms with E-state index in [1.165, 1.54) is 25.3 Å². The van der Waals surface area contributed by atoms with Crippen LogP contribution >= 0.6 is 0 Å². The molecule has 0 unspecified atom stereocenters. The highest BCUT2D eigenvalue weighted by molar-refractivity contribution is 7.86. The van der Waals surface area contributed by atoms with Crippen LogP contribution in [0, 0.1) is 10.1 Å². The van der Waals surface area contributed by atoms with Crippen LogP contribution < -0.4 is 5.32 Å². The SMILES string of the molecule is CC(=O)Nc1ccc([C@@H](O)COS(=O)(=O)c2ccc([N+](=O)[O-])cc2)cn1. The molecule has 0 radical (unpaired) electrons. The summed E-state index contributed by atoms with van der Waals surface area (Å²) >= 11 is 0. The number of pyridine rings is 1. The number of rotatable bonds is 7. The second kappa shape index (κ2) is 7.99. The Kier molecular flexibility index (Phi) is 5.97. The molecule has 1 heterocycles. The first-order valence-electron chi connectivity index (χ1n) is 7.24. The molecular formula is C15H15N3O7S. The van der Waals surface area contributed by atoms with E-state index in [1.54, 1.807) is 0 Å². The topological polar surface area (TPSA) is 149 Å². The van der Waals surface area contributed by atoms with E-state index in [4.69, 9.17) is 4.18 Å². The van der Waals surface area contributed by atoms with Crippen LogP contribution in [0.15, 0.2) is 47.5 Å². The first-order chi connectivity index (χ1) is 12.2.